The Bertz CT molecular complexity index is 803. The molecule has 0 aliphatic heterocycles. The van der Waals surface area contributed by atoms with E-state index in [9.17, 15) is 4.79 Å². The third kappa shape index (κ3) is 5.34. The van der Waals surface area contributed by atoms with Crippen LogP contribution in [0.1, 0.15) is 11.1 Å². The number of methoxy groups -OCH3 is 1. The number of ether oxygens (including phenoxy) is 1. The lowest BCUT2D eigenvalue weighted by Gasteiger charge is -2.08. The van der Waals surface area contributed by atoms with Crippen molar-refractivity contribution in [3.05, 3.63) is 78.4 Å². The molecule has 1 amide bonds. The molecule has 0 aliphatic carbocycles. The number of hydrogen-bond acceptors (Lipinski definition) is 4. The Morgan fingerprint density at radius 1 is 1.04 bits per heavy atom. The normalized spacial score (nSPS) is 10.0. The number of benzene rings is 2. The number of anilines is 1. The van der Waals surface area contributed by atoms with Crippen LogP contribution in [-0.2, 0) is 17.8 Å². The second kappa shape index (κ2) is 9.60. The molecule has 1 heterocycles. The topological polar surface area (TPSA) is 68.2 Å². The number of rotatable bonds is 6. The van der Waals surface area contributed by atoms with Crippen molar-refractivity contribution >= 4 is 24.2 Å². The van der Waals surface area contributed by atoms with Crippen molar-refractivity contribution in [3.8, 4) is 5.69 Å². The fourth-order valence-electron chi connectivity index (χ4n) is 2.42. The smallest absolute Gasteiger partial charge is 0.411 e. The summed E-state index contributed by atoms with van der Waals surface area (Å²) in [4.78, 5) is 15.2. The average Bonchev–Trinajstić information content (AvgIpc) is 3.18. The molecule has 3 rings (SSSR count). The van der Waals surface area contributed by atoms with Crippen LogP contribution in [-0.4, -0.2) is 22.8 Å². The number of imidazole rings is 1. The van der Waals surface area contributed by atoms with E-state index in [1.807, 2.05) is 35.0 Å². The molecule has 26 heavy (non-hydrogen) atoms. The van der Waals surface area contributed by atoms with E-state index in [0.29, 0.717) is 5.69 Å². The van der Waals surface area contributed by atoms with Crippen molar-refractivity contribution in [3.63, 3.8) is 0 Å². The first-order chi connectivity index (χ1) is 12.2. The molecule has 1 aromatic heterocycles. The molecule has 2 N–H and O–H groups in total. The predicted molar refractivity (Wildman–Crippen MR) is 104 cm³/mol. The Morgan fingerprint density at radius 3 is 2.19 bits per heavy atom. The largest absolute Gasteiger partial charge is 0.453 e. The highest BCUT2D eigenvalue weighted by atomic mass is 35.5. The van der Waals surface area contributed by atoms with Gasteiger partial charge in [-0.05, 0) is 35.4 Å². The Balaban J connectivity index is 0.00000243. The van der Waals surface area contributed by atoms with Crippen molar-refractivity contribution in [1.82, 2.24) is 14.9 Å². The van der Waals surface area contributed by atoms with Crippen LogP contribution in [0.3, 0.4) is 0 Å². The molecule has 0 bridgehead atoms. The Morgan fingerprint density at radius 2 is 1.65 bits per heavy atom. The number of hydrogen-bond donors (Lipinski definition) is 2. The number of aromatic nitrogens is 2. The lowest BCUT2D eigenvalue weighted by atomic mass is 10.2. The highest BCUT2D eigenvalue weighted by molar-refractivity contribution is 5.85. The van der Waals surface area contributed by atoms with E-state index in [-0.39, 0.29) is 12.4 Å². The first kappa shape index (κ1) is 19.5. The van der Waals surface area contributed by atoms with Crippen LogP contribution in [0.25, 0.3) is 5.69 Å². The third-order valence-corrected chi connectivity index (χ3v) is 3.78. The molecule has 0 saturated heterocycles. The lowest BCUT2D eigenvalue weighted by molar-refractivity contribution is 0.187. The highest BCUT2D eigenvalue weighted by Crippen LogP contribution is 2.11. The van der Waals surface area contributed by atoms with Gasteiger partial charge < -0.3 is 14.6 Å². The van der Waals surface area contributed by atoms with Crippen LogP contribution in [0, 0.1) is 0 Å². The van der Waals surface area contributed by atoms with Crippen molar-refractivity contribution in [1.29, 1.82) is 0 Å². The van der Waals surface area contributed by atoms with E-state index in [0.717, 1.165) is 24.3 Å². The van der Waals surface area contributed by atoms with Gasteiger partial charge in [-0.2, -0.15) is 0 Å². The molecular formula is C19H21ClN4O2. The molecule has 0 atom stereocenters. The summed E-state index contributed by atoms with van der Waals surface area (Å²) in [6.45, 7) is 1.54. The first-order valence-corrected chi connectivity index (χ1v) is 7.96. The zero-order valence-corrected chi connectivity index (χ0v) is 15.2. The second-order valence-corrected chi connectivity index (χ2v) is 5.55. The Hall–Kier alpha value is -2.83. The SMILES string of the molecule is COC(=O)Nc1ccc(CNCc2ccc(-n3ccnc3)cc2)cc1.Cl. The molecule has 136 valence electrons. The number of amides is 1. The van der Waals surface area contributed by atoms with E-state index in [1.54, 1.807) is 12.5 Å². The zero-order valence-electron chi connectivity index (χ0n) is 14.4. The minimum atomic E-state index is -0.468. The van der Waals surface area contributed by atoms with E-state index < -0.39 is 6.09 Å². The van der Waals surface area contributed by atoms with Gasteiger partial charge in [0, 0.05) is 36.9 Å². The molecule has 0 aliphatic rings. The van der Waals surface area contributed by atoms with Crippen LogP contribution in [0.2, 0.25) is 0 Å². The number of nitrogens with one attached hydrogen (secondary N) is 2. The number of carbonyl (C=O) groups is 1. The van der Waals surface area contributed by atoms with Crippen LogP contribution in [0.15, 0.2) is 67.3 Å². The standard InChI is InChI=1S/C19H20N4O2.ClH/c1-25-19(24)22-17-6-2-15(3-7-17)12-21-13-16-4-8-18(9-5-16)23-11-10-20-14-23;/h2-11,14,21H,12-13H2,1H3,(H,22,24);1H. The second-order valence-electron chi connectivity index (χ2n) is 5.55. The molecule has 0 spiro atoms. The van der Waals surface area contributed by atoms with Crippen molar-refractivity contribution in [2.75, 3.05) is 12.4 Å². The molecule has 2 aromatic carbocycles. The van der Waals surface area contributed by atoms with Crippen LogP contribution in [0.5, 0.6) is 0 Å². The van der Waals surface area contributed by atoms with E-state index in [4.69, 9.17) is 0 Å². The summed E-state index contributed by atoms with van der Waals surface area (Å²) in [7, 11) is 1.34. The van der Waals surface area contributed by atoms with Crippen molar-refractivity contribution in [2.45, 2.75) is 13.1 Å². The van der Waals surface area contributed by atoms with Crippen molar-refractivity contribution < 1.29 is 9.53 Å². The third-order valence-electron chi connectivity index (χ3n) is 3.78. The molecule has 0 saturated carbocycles. The minimum absolute atomic E-state index is 0. The summed E-state index contributed by atoms with van der Waals surface area (Å²) in [5.41, 5.74) is 4.17. The van der Waals surface area contributed by atoms with Gasteiger partial charge in [0.15, 0.2) is 0 Å². The highest BCUT2D eigenvalue weighted by Gasteiger charge is 2.01. The fourth-order valence-corrected chi connectivity index (χ4v) is 2.42. The maximum atomic E-state index is 11.1. The van der Waals surface area contributed by atoms with Crippen LogP contribution >= 0.6 is 12.4 Å². The maximum absolute atomic E-state index is 11.1. The number of nitrogens with zero attached hydrogens (tertiary/aromatic N) is 2. The summed E-state index contributed by atoms with van der Waals surface area (Å²) < 4.78 is 6.54. The summed E-state index contributed by atoms with van der Waals surface area (Å²) in [6.07, 6.45) is 5.00. The van der Waals surface area contributed by atoms with Gasteiger partial charge in [-0.1, -0.05) is 24.3 Å². The maximum Gasteiger partial charge on any atom is 0.411 e. The molecule has 3 aromatic rings. The van der Waals surface area contributed by atoms with Crippen LogP contribution < -0.4 is 10.6 Å². The molecule has 0 unspecified atom stereocenters. The van der Waals surface area contributed by atoms with E-state index >= 15 is 0 Å². The van der Waals surface area contributed by atoms with Crippen molar-refractivity contribution in [2.24, 2.45) is 0 Å². The van der Waals surface area contributed by atoms with Gasteiger partial charge in [-0.3, -0.25) is 5.32 Å². The summed E-state index contributed by atoms with van der Waals surface area (Å²) in [5, 5.41) is 6.04. The molecule has 0 radical (unpaired) electrons. The van der Waals surface area contributed by atoms with Crippen LogP contribution in [0.4, 0.5) is 10.5 Å². The van der Waals surface area contributed by atoms with E-state index in [2.05, 4.69) is 44.6 Å². The van der Waals surface area contributed by atoms with Gasteiger partial charge in [-0.25, -0.2) is 9.78 Å². The Kier molecular flexibility index (Phi) is 7.20. The average molecular weight is 373 g/mol. The first-order valence-electron chi connectivity index (χ1n) is 7.96. The number of carbonyl (C=O) groups excluding carboxylic acids is 1. The quantitative estimate of drug-likeness (QED) is 0.691. The minimum Gasteiger partial charge on any atom is -0.453 e. The van der Waals surface area contributed by atoms with Gasteiger partial charge in [0.1, 0.15) is 0 Å². The Labute approximate surface area is 158 Å². The summed E-state index contributed by atoms with van der Waals surface area (Å²) in [5.74, 6) is 0. The monoisotopic (exact) mass is 372 g/mol. The molecule has 0 fully saturated rings. The van der Waals surface area contributed by atoms with Gasteiger partial charge in [0.05, 0.1) is 13.4 Å². The molecule has 6 nitrogen and oxygen atoms in total. The van der Waals surface area contributed by atoms with Gasteiger partial charge in [-0.15, -0.1) is 12.4 Å². The fraction of sp³-hybridized carbons (Fsp3) is 0.158. The van der Waals surface area contributed by atoms with Gasteiger partial charge in [0.2, 0.25) is 0 Å². The summed E-state index contributed by atoms with van der Waals surface area (Å²) >= 11 is 0. The molecular weight excluding hydrogens is 352 g/mol. The zero-order chi connectivity index (χ0) is 17.5. The predicted octanol–water partition coefficient (Wildman–Crippen LogP) is 3.76. The van der Waals surface area contributed by atoms with E-state index in [1.165, 1.54) is 12.7 Å². The number of halogens is 1. The lowest BCUT2D eigenvalue weighted by Crippen LogP contribution is -2.13. The van der Waals surface area contributed by atoms with Gasteiger partial charge >= 0.3 is 6.09 Å². The van der Waals surface area contributed by atoms with Gasteiger partial charge in [0.25, 0.3) is 0 Å². The summed E-state index contributed by atoms with van der Waals surface area (Å²) in [6, 6.07) is 16.0. The molecule has 7 heteroatoms.